The van der Waals surface area contributed by atoms with Crippen LogP contribution in [0.4, 0.5) is 0 Å². The average Bonchev–Trinajstić information content (AvgIpc) is 2.33. The Hall–Kier alpha value is -2.18. The first-order valence-electron chi connectivity index (χ1n) is 6.26. The van der Waals surface area contributed by atoms with Gasteiger partial charge in [0.05, 0.1) is 13.5 Å². The topological polar surface area (TPSA) is 96.0 Å². The summed E-state index contributed by atoms with van der Waals surface area (Å²) in [4.78, 5) is 45.0. The van der Waals surface area contributed by atoms with Gasteiger partial charge in [-0.1, -0.05) is 20.8 Å². The molecule has 0 aromatic heterocycles. The van der Waals surface area contributed by atoms with Crippen molar-refractivity contribution in [3.05, 3.63) is 12.2 Å². The molecule has 0 saturated carbocycles. The number of carbonyl (C=O) groups is 4. The molecule has 0 aliphatic carbocycles. The van der Waals surface area contributed by atoms with Gasteiger partial charge in [0.2, 0.25) is 0 Å². The molecule has 0 radical (unpaired) electrons. The summed E-state index contributed by atoms with van der Waals surface area (Å²) in [5.41, 5.74) is -0.319. The molecule has 7 heteroatoms. The van der Waals surface area contributed by atoms with Crippen LogP contribution in [0.3, 0.4) is 0 Å². The van der Waals surface area contributed by atoms with Gasteiger partial charge in [-0.3, -0.25) is 4.79 Å². The van der Waals surface area contributed by atoms with Gasteiger partial charge in [0, 0.05) is 12.2 Å². The summed E-state index contributed by atoms with van der Waals surface area (Å²) in [5, 5.41) is 0. The minimum absolute atomic E-state index is 0.0572. The van der Waals surface area contributed by atoms with Crippen LogP contribution in [-0.4, -0.2) is 37.1 Å². The third kappa shape index (κ3) is 9.37. The second-order valence-corrected chi connectivity index (χ2v) is 5.47. The van der Waals surface area contributed by atoms with Crippen LogP contribution in [0.5, 0.6) is 0 Å². The van der Waals surface area contributed by atoms with Crippen LogP contribution in [0.1, 0.15) is 34.1 Å². The van der Waals surface area contributed by atoms with E-state index >= 15 is 0 Å². The van der Waals surface area contributed by atoms with Gasteiger partial charge in [-0.25, -0.2) is 14.4 Å². The molecule has 0 aromatic carbocycles. The Morgan fingerprint density at radius 2 is 1.57 bits per heavy atom. The monoisotopic (exact) mass is 300 g/mol. The van der Waals surface area contributed by atoms with Crippen molar-refractivity contribution in [2.24, 2.45) is 5.41 Å². The number of hydrogen-bond acceptors (Lipinski definition) is 7. The van der Waals surface area contributed by atoms with Gasteiger partial charge in [0.15, 0.2) is 6.10 Å². The molecule has 1 atom stereocenters. The lowest BCUT2D eigenvalue weighted by molar-refractivity contribution is -0.172. The Balaban J connectivity index is 4.34. The third-order valence-corrected chi connectivity index (χ3v) is 2.07. The van der Waals surface area contributed by atoms with Crippen molar-refractivity contribution >= 4 is 23.9 Å². The molecule has 0 bridgehead atoms. The molecule has 21 heavy (non-hydrogen) atoms. The SMILES string of the molecule is COC(=O)/C=C/C(=O)OC(C)C(=O)OC(=O)CC(C)(C)C. The first-order valence-corrected chi connectivity index (χ1v) is 6.26. The third-order valence-electron chi connectivity index (χ3n) is 2.07. The highest BCUT2D eigenvalue weighted by atomic mass is 16.6. The lowest BCUT2D eigenvalue weighted by Crippen LogP contribution is -2.29. The largest absolute Gasteiger partial charge is 0.466 e. The van der Waals surface area contributed by atoms with Crippen molar-refractivity contribution in [1.82, 2.24) is 0 Å². The van der Waals surface area contributed by atoms with Crippen molar-refractivity contribution in [3.63, 3.8) is 0 Å². The summed E-state index contributed by atoms with van der Waals surface area (Å²) in [6.07, 6.45) is 0.461. The predicted molar refractivity (Wildman–Crippen MR) is 71.9 cm³/mol. The van der Waals surface area contributed by atoms with E-state index in [-0.39, 0.29) is 11.8 Å². The summed E-state index contributed by atoms with van der Waals surface area (Å²) < 4.78 is 13.5. The molecule has 1 unspecified atom stereocenters. The van der Waals surface area contributed by atoms with Crippen molar-refractivity contribution in [3.8, 4) is 0 Å². The van der Waals surface area contributed by atoms with Crippen molar-refractivity contribution in [2.45, 2.75) is 40.2 Å². The molecule has 0 saturated heterocycles. The van der Waals surface area contributed by atoms with Crippen molar-refractivity contribution in [1.29, 1.82) is 0 Å². The van der Waals surface area contributed by atoms with Gasteiger partial charge < -0.3 is 14.2 Å². The molecule has 0 N–H and O–H groups in total. The standard InChI is InChI=1S/C14H20O7/c1-9(20-11(16)7-6-10(15)19-5)13(18)21-12(17)8-14(2,3)4/h6-7,9H,8H2,1-5H3/b7-6+. The Morgan fingerprint density at radius 3 is 2.05 bits per heavy atom. The molecule has 0 amide bonds. The normalized spacial score (nSPS) is 12.6. The van der Waals surface area contributed by atoms with Crippen molar-refractivity contribution in [2.75, 3.05) is 7.11 Å². The second kappa shape index (κ2) is 8.18. The van der Waals surface area contributed by atoms with Crippen LogP contribution >= 0.6 is 0 Å². The van der Waals surface area contributed by atoms with Crippen LogP contribution in [0.2, 0.25) is 0 Å². The van der Waals surface area contributed by atoms with E-state index in [9.17, 15) is 19.2 Å². The minimum Gasteiger partial charge on any atom is -0.466 e. The van der Waals surface area contributed by atoms with Gasteiger partial charge in [-0.2, -0.15) is 0 Å². The van der Waals surface area contributed by atoms with Gasteiger partial charge >= 0.3 is 23.9 Å². The highest BCUT2D eigenvalue weighted by molar-refractivity contribution is 5.93. The number of carbonyl (C=O) groups excluding carboxylic acids is 4. The maximum absolute atomic E-state index is 11.5. The minimum atomic E-state index is -1.26. The first kappa shape index (κ1) is 18.8. The molecule has 118 valence electrons. The van der Waals surface area contributed by atoms with E-state index in [1.807, 2.05) is 20.8 Å². The van der Waals surface area contributed by atoms with E-state index in [4.69, 9.17) is 0 Å². The fourth-order valence-electron chi connectivity index (χ4n) is 1.13. The van der Waals surface area contributed by atoms with Crippen LogP contribution in [-0.2, 0) is 33.4 Å². The van der Waals surface area contributed by atoms with Gasteiger partial charge in [-0.05, 0) is 12.3 Å². The zero-order valence-corrected chi connectivity index (χ0v) is 12.8. The van der Waals surface area contributed by atoms with E-state index < -0.39 is 30.0 Å². The van der Waals surface area contributed by atoms with Crippen molar-refractivity contribution < 1.29 is 33.4 Å². The zero-order chi connectivity index (χ0) is 16.6. The second-order valence-electron chi connectivity index (χ2n) is 5.47. The van der Waals surface area contributed by atoms with Crippen LogP contribution in [0.15, 0.2) is 12.2 Å². The summed E-state index contributed by atoms with van der Waals surface area (Å²) >= 11 is 0. The molecular formula is C14H20O7. The van der Waals surface area contributed by atoms with E-state index in [0.717, 1.165) is 19.3 Å². The molecule has 0 aliphatic heterocycles. The number of hydrogen-bond donors (Lipinski definition) is 0. The molecule has 0 aliphatic rings. The quantitative estimate of drug-likeness (QED) is 0.325. The molecule has 0 aromatic rings. The maximum Gasteiger partial charge on any atom is 0.354 e. The molecule has 0 rings (SSSR count). The number of methoxy groups -OCH3 is 1. The Kier molecular flexibility index (Phi) is 7.33. The Bertz CT molecular complexity index is 443. The summed E-state index contributed by atoms with van der Waals surface area (Å²) in [7, 11) is 1.15. The van der Waals surface area contributed by atoms with E-state index in [0.29, 0.717) is 0 Å². The Morgan fingerprint density at radius 1 is 1.05 bits per heavy atom. The molecule has 0 heterocycles. The molecule has 7 nitrogen and oxygen atoms in total. The zero-order valence-electron chi connectivity index (χ0n) is 12.8. The summed E-state index contributed by atoms with van der Waals surface area (Å²) in [6, 6.07) is 0. The highest BCUT2D eigenvalue weighted by Gasteiger charge is 2.24. The van der Waals surface area contributed by atoms with E-state index in [1.165, 1.54) is 6.92 Å². The highest BCUT2D eigenvalue weighted by Crippen LogP contribution is 2.19. The Labute approximate surface area is 123 Å². The number of rotatable bonds is 5. The van der Waals surface area contributed by atoms with Crippen LogP contribution < -0.4 is 0 Å². The first-order chi connectivity index (χ1) is 9.55. The molecule has 0 spiro atoms. The van der Waals surface area contributed by atoms with Crippen LogP contribution in [0, 0.1) is 5.41 Å². The smallest absolute Gasteiger partial charge is 0.354 e. The van der Waals surface area contributed by atoms with Crippen LogP contribution in [0.25, 0.3) is 0 Å². The summed E-state index contributed by atoms with van der Waals surface area (Å²) in [6.45, 7) is 6.72. The lowest BCUT2D eigenvalue weighted by Gasteiger charge is -2.17. The van der Waals surface area contributed by atoms with Gasteiger partial charge in [-0.15, -0.1) is 0 Å². The fraction of sp³-hybridized carbons (Fsp3) is 0.571. The van der Waals surface area contributed by atoms with E-state index in [1.54, 1.807) is 0 Å². The maximum atomic E-state index is 11.5. The van der Waals surface area contributed by atoms with Gasteiger partial charge in [0.1, 0.15) is 0 Å². The van der Waals surface area contributed by atoms with Gasteiger partial charge in [0.25, 0.3) is 0 Å². The number of esters is 4. The van der Waals surface area contributed by atoms with E-state index in [2.05, 4.69) is 14.2 Å². The fourth-order valence-corrected chi connectivity index (χ4v) is 1.13. The molecular weight excluding hydrogens is 280 g/mol. The number of ether oxygens (including phenoxy) is 3. The molecule has 0 fully saturated rings. The summed E-state index contributed by atoms with van der Waals surface area (Å²) in [5.74, 6) is -3.32. The average molecular weight is 300 g/mol. The lowest BCUT2D eigenvalue weighted by atomic mass is 9.92. The predicted octanol–water partition coefficient (Wildman–Crippen LogP) is 1.15.